The number of rotatable bonds is 5. The topological polar surface area (TPSA) is 47.6 Å². The van der Waals surface area contributed by atoms with Gasteiger partial charge in [-0.2, -0.15) is 0 Å². The fourth-order valence-corrected chi connectivity index (χ4v) is 3.83. The van der Waals surface area contributed by atoms with Crippen molar-refractivity contribution >= 4 is 35.8 Å². The molecule has 1 aromatic carbocycles. The van der Waals surface area contributed by atoms with E-state index in [0.717, 1.165) is 28.6 Å². The normalized spacial score (nSPS) is 16.7. The van der Waals surface area contributed by atoms with Gasteiger partial charge in [-0.25, -0.2) is 0 Å². The van der Waals surface area contributed by atoms with E-state index in [-0.39, 0.29) is 16.9 Å². The first-order chi connectivity index (χ1) is 11.6. The van der Waals surface area contributed by atoms with Crippen LogP contribution in [0.4, 0.5) is 5.69 Å². The summed E-state index contributed by atoms with van der Waals surface area (Å²) in [6, 6.07) is 5.94. The van der Waals surface area contributed by atoms with E-state index in [1.807, 2.05) is 18.2 Å². The van der Waals surface area contributed by atoms with Crippen LogP contribution in [0.15, 0.2) is 22.7 Å². The second-order valence-corrected chi connectivity index (χ2v) is 14.0. The monoisotopic (exact) mass is 427 g/mol. The fourth-order valence-electron chi connectivity index (χ4n) is 2.47. The summed E-state index contributed by atoms with van der Waals surface area (Å²) in [5.74, 6) is 0.116. The number of amides is 1. The van der Waals surface area contributed by atoms with E-state index in [2.05, 4.69) is 55.1 Å². The van der Waals surface area contributed by atoms with Crippen LogP contribution in [-0.4, -0.2) is 27.4 Å². The average molecular weight is 428 g/mol. The molecule has 0 unspecified atom stereocenters. The molecule has 0 aromatic heterocycles. The molecule has 25 heavy (non-hydrogen) atoms. The Morgan fingerprint density at radius 3 is 2.56 bits per heavy atom. The van der Waals surface area contributed by atoms with Crippen LogP contribution < -0.4 is 5.32 Å². The summed E-state index contributed by atoms with van der Waals surface area (Å²) in [4.78, 5) is 12.6. The minimum absolute atomic E-state index is 0.0338. The molecule has 1 fully saturated rings. The van der Waals surface area contributed by atoms with Gasteiger partial charge in [-0.15, -0.1) is 0 Å². The van der Waals surface area contributed by atoms with Crippen LogP contribution in [0.3, 0.4) is 0 Å². The molecule has 0 bridgehead atoms. The number of hydrogen-bond donors (Lipinski definition) is 1. The SMILES string of the molecule is CC(C)(C)[Si](C)(C)OCc1cc(Br)ccc1NC(=O)C1CCOCC1. The second-order valence-electron chi connectivity index (χ2n) is 8.23. The number of ether oxygens (including phenoxy) is 1. The third-order valence-corrected chi connectivity index (χ3v) is 10.3. The molecule has 0 radical (unpaired) electrons. The van der Waals surface area contributed by atoms with Crippen LogP contribution in [0, 0.1) is 5.92 Å². The third kappa shape index (κ3) is 5.64. The largest absolute Gasteiger partial charge is 0.412 e. The Balaban J connectivity index is 2.10. The van der Waals surface area contributed by atoms with Gasteiger partial charge in [0.25, 0.3) is 0 Å². The maximum atomic E-state index is 12.6. The summed E-state index contributed by atoms with van der Waals surface area (Å²) in [6.45, 7) is 13.0. The molecule has 0 atom stereocenters. The highest BCUT2D eigenvalue weighted by molar-refractivity contribution is 9.10. The van der Waals surface area contributed by atoms with Gasteiger partial charge in [0, 0.05) is 34.9 Å². The predicted octanol–water partition coefficient (Wildman–Crippen LogP) is 5.34. The summed E-state index contributed by atoms with van der Waals surface area (Å²) < 4.78 is 12.7. The standard InChI is InChI=1S/C19H30BrNO3Si/c1-19(2,3)25(4,5)24-13-15-12-16(20)6-7-17(15)21-18(22)14-8-10-23-11-9-14/h6-7,12,14H,8-11,13H2,1-5H3,(H,21,22). The number of carbonyl (C=O) groups excluding carboxylic acids is 1. The molecule has 0 aliphatic carbocycles. The van der Waals surface area contributed by atoms with E-state index < -0.39 is 8.32 Å². The maximum absolute atomic E-state index is 12.6. The smallest absolute Gasteiger partial charge is 0.227 e. The number of nitrogens with one attached hydrogen (secondary N) is 1. The zero-order valence-corrected chi connectivity index (χ0v) is 18.5. The number of anilines is 1. The molecule has 1 heterocycles. The van der Waals surface area contributed by atoms with Crippen molar-refractivity contribution in [1.29, 1.82) is 0 Å². The van der Waals surface area contributed by atoms with Crippen molar-refractivity contribution in [3.8, 4) is 0 Å². The Hall–Kier alpha value is -0.693. The lowest BCUT2D eigenvalue weighted by atomic mass is 9.99. The van der Waals surface area contributed by atoms with Crippen molar-refractivity contribution in [2.45, 2.75) is 58.4 Å². The van der Waals surface area contributed by atoms with Gasteiger partial charge in [-0.1, -0.05) is 36.7 Å². The average Bonchev–Trinajstić information content (AvgIpc) is 2.54. The summed E-state index contributed by atoms with van der Waals surface area (Å²) in [5, 5.41) is 3.26. The van der Waals surface area contributed by atoms with Gasteiger partial charge < -0.3 is 14.5 Å². The van der Waals surface area contributed by atoms with Gasteiger partial charge >= 0.3 is 0 Å². The molecule has 0 spiro atoms. The molecule has 4 nitrogen and oxygen atoms in total. The van der Waals surface area contributed by atoms with Crippen LogP contribution in [0.25, 0.3) is 0 Å². The van der Waals surface area contributed by atoms with E-state index in [1.54, 1.807) is 0 Å². The maximum Gasteiger partial charge on any atom is 0.227 e. The van der Waals surface area contributed by atoms with E-state index in [0.29, 0.717) is 19.8 Å². The molecule has 1 aliphatic rings. The summed E-state index contributed by atoms with van der Waals surface area (Å²) >= 11 is 3.53. The first-order valence-electron chi connectivity index (χ1n) is 8.91. The van der Waals surface area contributed by atoms with Crippen molar-refractivity contribution in [2.24, 2.45) is 5.92 Å². The summed E-state index contributed by atoms with van der Waals surface area (Å²) in [5.41, 5.74) is 1.86. The quantitative estimate of drug-likeness (QED) is 0.645. The first-order valence-corrected chi connectivity index (χ1v) is 12.6. The molecular formula is C19H30BrNO3Si. The van der Waals surface area contributed by atoms with Gasteiger partial charge in [0.2, 0.25) is 5.91 Å². The Bertz CT molecular complexity index is 607. The van der Waals surface area contributed by atoms with E-state index in [4.69, 9.17) is 9.16 Å². The molecule has 1 saturated heterocycles. The minimum atomic E-state index is -1.84. The first kappa shape index (κ1) is 20.6. The van der Waals surface area contributed by atoms with E-state index in [1.165, 1.54) is 0 Å². The van der Waals surface area contributed by atoms with Crippen LogP contribution in [-0.2, 0) is 20.6 Å². The molecular weight excluding hydrogens is 398 g/mol. The minimum Gasteiger partial charge on any atom is -0.412 e. The lowest BCUT2D eigenvalue weighted by Gasteiger charge is -2.36. The molecule has 2 rings (SSSR count). The fraction of sp³-hybridized carbons (Fsp3) is 0.632. The molecule has 140 valence electrons. The van der Waals surface area contributed by atoms with E-state index in [9.17, 15) is 4.79 Å². The van der Waals surface area contributed by atoms with Crippen molar-refractivity contribution in [2.75, 3.05) is 18.5 Å². The molecule has 1 aliphatic heterocycles. The third-order valence-electron chi connectivity index (χ3n) is 5.31. The summed E-state index contributed by atoms with van der Waals surface area (Å²) in [7, 11) is -1.84. The Morgan fingerprint density at radius 1 is 1.32 bits per heavy atom. The van der Waals surface area contributed by atoms with Crippen molar-refractivity contribution < 1.29 is 14.0 Å². The number of hydrogen-bond acceptors (Lipinski definition) is 3. The van der Waals surface area contributed by atoms with Gasteiger partial charge in [0.15, 0.2) is 8.32 Å². The van der Waals surface area contributed by atoms with Crippen LogP contribution >= 0.6 is 15.9 Å². The van der Waals surface area contributed by atoms with Gasteiger partial charge in [-0.05, 0) is 49.2 Å². The Kier molecular flexibility index (Phi) is 6.87. The van der Waals surface area contributed by atoms with Crippen molar-refractivity contribution in [3.63, 3.8) is 0 Å². The highest BCUT2D eigenvalue weighted by atomic mass is 79.9. The van der Waals surface area contributed by atoms with Crippen LogP contribution in [0.1, 0.15) is 39.2 Å². The lowest BCUT2D eigenvalue weighted by Crippen LogP contribution is -2.40. The zero-order valence-electron chi connectivity index (χ0n) is 15.9. The van der Waals surface area contributed by atoms with Gasteiger partial charge in [-0.3, -0.25) is 4.79 Å². The molecule has 6 heteroatoms. The molecule has 1 aromatic rings. The highest BCUT2D eigenvalue weighted by Crippen LogP contribution is 2.37. The highest BCUT2D eigenvalue weighted by Gasteiger charge is 2.37. The molecule has 1 amide bonds. The van der Waals surface area contributed by atoms with Gasteiger partial charge in [0.05, 0.1) is 6.61 Å². The second kappa shape index (κ2) is 8.33. The van der Waals surface area contributed by atoms with Crippen molar-refractivity contribution in [1.82, 2.24) is 0 Å². The van der Waals surface area contributed by atoms with Crippen molar-refractivity contribution in [3.05, 3.63) is 28.2 Å². The zero-order chi connectivity index (χ0) is 18.7. The number of benzene rings is 1. The van der Waals surface area contributed by atoms with E-state index >= 15 is 0 Å². The van der Waals surface area contributed by atoms with Crippen LogP contribution in [0.5, 0.6) is 0 Å². The lowest BCUT2D eigenvalue weighted by molar-refractivity contribution is -0.122. The Labute approximate surface area is 160 Å². The molecule has 0 saturated carbocycles. The number of halogens is 1. The summed E-state index contributed by atoms with van der Waals surface area (Å²) in [6.07, 6.45) is 1.58. The predicted molar refractivity (Wildman–Crippen MR) is 108 cm³/mol. The van der Waals surface area contributed by atoms with Gasteiger partial charge in [0.1, 0.15) is 0 Å². The number of carbonyl (C=O) groups is 1. The van der Waals surface area contributed by atoms with Crippen LogP contribution in [0.2, 0.25) is 18.1 Å². The molecule has 1 N–H and O–H groups in total. The Morgan fingerprint density at radius 2 is 1.96 bits per heavy atom.